The second-order valence-corrected chi connectivity index (χ2v) is 6.27. The molecule has 21 heavy (non-hydrogen) atoms. The summed E-state index contributed by atoms with van der Waals surface area (Å²) in [4.78, 5) is 15.5. The van der Waals surface area contributed by atoms with Crippen LogP contribution in [0.25, 0.3) is 16.5 Å². The third-order valence-electron chi connectivity index (χ3n) is 5.13. The molecule has 1 fully saturated rings. The van der Waals surface area contributed by atoms with Crippen LogP contribution in [-0.2, 0) is 4.79 Å². The largest absolute Gasteiger partial charge is 0.481 e. The molecule has 2 atom stereocenters. The highest BCUT2D eigenvalue weighted by atomic mass is 16.4. The smallest absolute Gasteiger partial charge is 0.307 e. The zero-order chi connectivity index (χ0) is 14.4. The summed E-state index contributed by atoms with van der Waals surface area (Å²) in [5, 5.41) is 10.4. The van der Waals surface area contributed by atoms with Gasteiger partial charge in [-0.15, -0.1) is 0 Å². The molecule has 0 bridgehead atoms. The van der Waals surface area contributed by atoms with Crippen molar-refractivity contribution in [2.24, 2.45) is 11.3 Å². The molecule has 106 valence electrons. The molecule has 1 aromatic carbocycles. The van der Waals surface area contributed by atoms with Crippen molar-refractivity contribution < 1.29 is 9.90 Å². The van der Waals surface area contributed by atoms with E-state index >= 15 is 0 Å². The summed E-state index contributed by atoms with van der Waals surface area (Å²) in [6, 6.07) is 10.3. The zero-order valence-corrected chi connectivity index (χ0v) is 11.7. The molecule has 0 saturated heterocycles. The number of aromatic nitrogens is 1. The molecule has 4 rings (SSSR count). The van der Waals surface area contributed by atoms with E-state index in [1.807, 2.05) is 24.4 Å². The van der Waals surface area contributed by atoms with Gasteiger partial charge in [0.15, 0.2) is 0 Å². The van der Waals surface area contributed by atoms with E-state index < -0.39 is 5.97 Å². The molecule has 3 nitrogen and oxygen atoms in total. The van der Waals surface area contributed by atoms with E-state index in [9.17, 15) is 4.79 Å². The summed E-state index contributed by atoms with van der Waals surface area (Å²) < 4.78 is 0. The molecule has 1 aromatic heterocycles. The molecule has 2 aromatic rings. The third kappa shape index (κ3) is 1.96. The van der Waals surface area contributed by atoms with Gasteiger partial charge in [-0.1, -0.05) is 24.3 Å². The number of allylic oxidation sites excluding steroid dienone is 2. The number of nitrogens with zero attached hydrogens (tertiary/aromatic N) is 1. The van der Waals surface area contributed by atoms with Crippen LogP contribution in [0, 0.1) is 11.3 Å². The van der Waals surface area contributed by atoms with Crippen LogP contribution in [0.1, 0.15) is 31.2 Å². The summed E-state index contributed by atoms with van der Waals surface area (Å²) in [7, 11) is 0. The lowest BCUT2D eigenvalue weighted by Crippen LogP contribution is -2.13. The monoisotopic (exact) mass is 279 g/mol. The van der Waals surface area contributed by atoms with Crippen LogP contribution in [0.4, 0.5) is 0 Å². The number of carboxylic acid groups (broad SMARTS) is 1. The number of rotatable bonds is 2. The van der Waals surface area contributed by atoms with Crippen LogP contribution in [-0.4, -0.2) is 16.1 Å². The number of aliphatic carboxylic acids is 1. The molecule has 2 unspecified atom stereocenters. The van der Waals surface area contributed by atoms with E-state index in [2.05, 4.69) is 23.2 Å². The topological polar surface area (TPSA) is 50.2 Å². The lowest BCUT2D eigenvalue weighted by molar-refractivity contribution is -0.139. The van der Waals surface area contributed by atoms with Crippen molar-refractivity contribution in [1.29, 1.82) is 0 Å². The number of hydrogen-bond donors (Lipinski definition) is 1. The van der Waals surface area contributed by atoms with Gasteiger partial charge in [-0.2, -0.15) is 0 Å². The second kappa shape index (κ2) is 4.42. The fourth-order valence-corrected chi connectivity index (χ4v) is 3.73. The summed E-state index contributed by atoms with van der Waals surface area (Å²) in [6.07, 6.45) is 7.83. The van der Waals surface area contributed by atoms with E-state index in [4.69, 9.17) is 5.11 Å². The SMILES string of the molecule is O=C(O)C1CC12CC=C(c1ccnc3ccccc13)CC2. The second-order valence-electron chi connectivity index (χ2n) is 6.27. The van der Waals surface area contributed by atoms with Gasteiger partial charge in [0, 0.05) is 11.6 Å². The Balaban J connectivity index is 1.67. The van der Waals surface area contributed by atoms with Gasteiger partial charge in [-0.25, -0.2) is 0 Å². The van der Waals surface area contributed by atoms with Crippen LogP contribution in [0.15, 0.2) is 42.6 Å². The highest BCUT2D eigenvalue weighted by Crippen LogP contribution is 2.61. The number of fused-ring (bicyclic) bond motifs is 1. The Morgan fingerprint density at radius 1 is 1.29 bits per heavy atom. The maximum absolute atomic E-state index is 11.1. The standard InChI is InChI=1S/C18H17NO2/c20-17(21)15-11-18(15)8-5-12(6-9-18)13-7-10-19-16-4-2-1-3-14(13)16/h1-5,7,10,15H,6,8-9,11H2,(H,20,21). The Hall–Kier alpha value is -2.16. The van der Waals surface area contributed by atoms with Crippen LogP contribution in [0.5, 0.6) is 0 Å². The fourth-order valence-electron chi connectivity index (χ4n) is 3.73. The predicted octanol–water partition coefficient (Wildman–Crippen LogP) is 3.89. The van der Waals surface area contributed by atoms with Gasteiger partial charge < -0.3 is 5.11 Å². The molecule has 3 heteroatoms. The van der Waals surface area contributed by atoms with E-state index in [1.54, 1.807) is 0 Å². The van der Waals surface area contributed by atoms with Crippen LogP contribution < -0.4 is 0 Å². The maximum atomic E-state index is 11.1. The lowest BCUT2D eigenvalue weighted by Gasteiger charge is -2.22. The average molecular weight is 279 g/mol. The molecule has 0 amide bonds. The highest BCUT2D eigenvalue weighted by Gasteiger charge is 2.57. The first kappa shape index (κ1) is 12.6. The van der Waals surface area contributed by atoms with Crippen molar-refractivity contribution in [3.05, 3.63) is 48.2 Å². The number of para-hydroxylation sites is 1. The molecular weight excluding hydrogens is 262 g/mol. The van der Waals surface area contributed by atoms with Gasteiger partial charge in [0.2, 0.25) is 0 Å². The first-order valence-electron chi connectivity index (χ1n) is 7.46. The van der Waals surface area contributed by atoms with Crippen LogP contribution in [0.2, 0.25) is 0 Å². The van der Waals surface area contributed by atoms with Crippen molar-refractivity contribution >= 4 is 22.4 Å². The molecule has 0 radical (unpaired) electrons. The van der Waals surface area contributed by atoms with Crippen LogP contribution in [0.3, 0.4) is 0 Å². The van der Waals surface area contributed by atoms with Gasteiger partial charge in [0.05, 0.1) is 11.4 Å². The van der Waals surface area contributed by atoms with Crippen molar-refractivity contribution in [3.63, 3.8) is 0 Å². The highest BCUT2D eigenvalue weighted by molar-refractivity contribution is 5.91. The van der Waals surface area contributed by atoms with E-state index in [1.165, 1.54) is 16.5 Å². The molecule has 1 N–H and O–H groups in total. The Bertz CT molecular complexity index is 759. The minimum Gasteiger partial charge on any atom is -0.481 e. The molecule has 0 aliphatic heterocycles. The average Bonchev–Trinajstić information content (AvgIpc) is 3.22. The molecular formula is C18H17NO2. The predicted molar refractivity (Wildman–Crippen MR) is 81.7 cm³/mol. The summed E-state index contributed by atoms with van der Waals surface area (Å²) in [5.74, 6) is -0.745. The molecule has 2 aliphatic rings. The van der Waals surface area contributed by atoms with Gasteiger partial charge in [0.25, 0.3) is 0 Å². The first-order valence-corrected chi connectivity index (χ1v) is 7.46. The Morgan fingerprint density at radius 2 is 2.14 bits per heavy atom. The molecule has 2 aliphatic carbocycles. The Morgan fingerprint density at radius 3 is 2.86 bits per heavy atom. The summed E-state index contributed by atoms with van der Waals surface area (Å²) in [6.45, 7) is 0. The van der Waals surface area contributed by atoms with Gasteiger partial charge in [-0.3, -0.25) is 9.78 Å². The van der Waals surface area contributed by atoms with Crippen molar-refractivity contribution in [2.75, 3.05) is 0 Å². The number of hydrogen-bond acceptors (Lipinski definition) is 2. The van der Waals surface area contributed by atoms with Gasteiger partial charge in [0.1, 0.15) is 0 Å². The van der Waals surface area contributed by atoms with Crippen molar-refractivity contribution in [1.82, 2.24) is 4.98 Å². The van der Waals surface area contributed by atoms with E-state index in [0.29, 0.717) is 0 Å². The quantitative estimate of drug-likeness (QED) is 0.907. The normalized spacial score (nSPS) is 27.6. The van der Waals surface area contributed by atoms with E-state index in [0.717, 1.165) is 31.2 Å². The molecule has 1 spiro atoms. The Kier molecular flexibility index (Phi) is 2.64. The number of pyridine rings is 1. The first-order chi connectivity index (χ1) is 10.2. The lowest BCUT2D eigenvalue weighted by atomic mass is 9.82. The third-order valence-corrected chi connectivity index (χ3v) is 5.13. The Labute approximate surface area is 123 Å². The maximum Gasteiger partial charge on any atom is 0.307 e. The number of carboxylic acids is 1. The number of carbonyl (C=O) groups is 1. The van der Waals surface area contributed by atoms with E-state index in [-0.39, 0.29) is 11.3 Å². The van der Waals surface area contributed by atoms with Crippen molar-refractivity contribution in [3.8, 4) is 0 Å². The summed E-state index contributed by atoms with van der Waals surface area (Å²) >= 11 is 0. The minimum atomic E-state index is -0.624. The fraction of sp³-hybridized carbons (Fsp3) is 0.333. The molecule has 1 heterocycles. The van der Waals surface area contributed by atoms with Crippen LogP contribution >= 0.6 is 0 Å². The van der Waals surface area contributed by atoms with Crippen molar-refractivity contribution in [2.45, 2.75) is 25.7 Å². The van der Waals surface area contributed by atoms with Gasteiger partial charge in [-0.05, 0) is 54.4 Å². The van der Waals surface area contributed by atoms with Gasteiger partial charge >= 0.3 is 5.97 Å². The minimum absolute atomic E-state index is 0.0537. The number of benzene rings is 1. The summed E-state index contributed by atoms with van der Waals surface area (Å²) in [5.41, 5.74) is 3.67. The molecule has 1 saturated carbocycles. The zero-order valence-electron chi connectivity index (χ0n) is 11.7.